The molecule has 0 aliphatic carbocycles. The second kappa shape index (κ2) is 4.20. The van der Waals surface area contributed by atoms with Crippen LogP contribution in [0.15, 0.2) is 30.5 Å². The molecule has 0 radical (unpaired) electrons. The first-order chi connectivity index (χ1) is 7.58. The molecule has 0 saturated heterocycles. The van der Waals surface area contributed by atoms with Crippen LogP contribution in [-0.2, 0) is 0 Å². The number of nitrogen functional groups attached to an aromatic ring is 1. The highest BCUT2D eigenvalue weighted by Crippen LogP contribution is 2.31. The van der Waals surface area contributed by atoms with Gasteiger partial charge in [-0.05, 0) is 18.2 Å². The van der Waals surface area contributed by atoms with Crippen LogP contribution in [-0.4, -0.2) is 10.1 Å². The highest BCUT2D eigenvalue weighted by atomic mass is 35.5. The minimum atomic E-state index is 0.00492. The van der Waals surface area contributed by atoms with Crippen molar-refractivity contribution >= 4 is 28.9 Å². The zero-order valence-corrected chi connectivity index (χ0v) is 9.63. The predicted molar refractivity (Wildman–Crippen MR) is 65.8 cm³/mol. The standard InChI is InChI=1S/C11H8Cl2N2O/c12-7-4-8(13)11(15-5-7)6-1-2-9(14)10(16)3-6/h1-5,16H,14H2. The molecule has 1 aromatic carbocycles. The predicted octanol–water partition coefficient (Wildman–Crippen LogP) is 3.34. The molecule has 2 aromatic rings. The van der Waals surface area contributed by atoms with E-state index in [1.54, 1.807) is 18.2 Å². The van der Waals surface area contributed by atoms with Gasteiger partial charge in [0.05, 0.1) is 21.4 Å². The van der Waals surface area contributed by atoms with Crippen LogP contribution in [0, 0.1) is 0 Å². The van der Waals surface area contributed by atoms with Crippen LogP contribution >= 0.6 is 23.2 Å². The van der Waals surface area contributed by atoms with Crippen molar-refractivity contribution in [3.63, 3.8) is 0 Å². The van der Waals surface area contributed by atoms with Gasteiger partial charge < -0.3 is 10.8 Å². The average Bonchev–Trinajstić information content (AvgIpc) is 2.22. The van der Waals surface area contributed by atoms with E-state index in [-0.39, 0.29) is 5.75 Å². The third-order valence-corrected chi connectivity index (χ3v) is 2.61. The second-order valence-corrected chi connectivity index (χ2v) is 4.10. The Morgan fingerprint density at radius 3 is 2.56 bits per heavy atom. The molecule has 0 spiro atoms. The number of pyridine rings is 1. The van der Waals surface area contributed by atoms with Gasteiger partial charge in [-0.1, -0.05) is 29.3 Å². The molecule has 1 heterocycles. The maximum Gasteiger partial charge on any atom is 0.139 e. The second-order valence-electron chi connectivity index (χ2n) is 3.26. The number of halogens is 2. The third-order valence-electron chi connectivity index (χ3n) is 2.11. The van der Waals surface area contributed by atoms with Crippen LogP contribution in [0.5, 0.6) is 5.75 Å². The number of nitrogens with two attached hydrogens (primary N) is 1. The lowest BCUT2D eigenvalue weighted by Crippen LogP contribution is -1.88. The zero-order chi connectivity index (χ0) is 11.7. The van der Waals surface area contributed by atoms with E-state index in [9.17, 15) is 5.11 Å². The molecule has 82 valence electrons. The molecule has 2 rings (SSSR count). The van der Waals surface area contributed by atoms with Gasteiger partial charge in [-0.15, -0.1) is 0 Å². The van der Waals surface area contributed by atoms with Crippen molar-refractivity contribution in [2.75, 3.05) is 5.73 Å². The SMILES string of the molecule is Nc1ccc(-c2ncc(Cl)cc2Cl)cc1O. The summed E-state index contributed by atoms with van der Waals surface area (Å²) in [6.07, 6.45) is 1.50. The highest BCUT2D eigenvalue weighted by Gasteiger charge is 2.07. The Bertz CT molecular complexity index is 544. The van der Waals surface area contributed by atoms with Gasteiger partial charge in [0.1, 0.15) is 5.75 Å². The molecule has 0 aliphatic heterocycles. The molecule has 0 unspecified atom stereocenters. The Hall–Kier alpha value is -1.45. The molecule has 0 bridgehead atoms. The number of anilines is 1. The molecule has 16 heavy (non-hydrogen) atoms. The lowest BCUT2D eigenvalue weighted by atomic mass is 10.1. The van der Waals surface area contributed by atoms with E-state index >= 15 is 0 Å². The van der Waals surface area contributed by atoms with Crippen molar-refractivity contribution in [2.24, 2.45) is 0 Å². The van der Waals surface area contributed by atoms with Gasteiger partial charge in [-0.25, -0.2) is 0 Å². The number of benzene rings is 1. The van der Waals surface area contributed by atoms with Crippen molar-refractivity contribution in [1.29, 1.82) is 0 Å². The molecule has 0 aliphatic rings. The van der Waals surface area contributed by atoms with Crippen LogP contribution in [0.2, 0.25) is 10.0 Å². The summed E-state index contributed by atoms with van der Waals surface area (Å²) >= 11 is 11.7. The van der Waals surface area contributed by atoms with Crippen molar-refractivity contribution in [3.8, 4) is 17.0 Å². The summed E-state index contributed by atoms with van der Waals surface area (Å²) in [5.41, 5.74) is 7.06. The minimum absolute atomic E-state index is 0.00492. The molecular formula is C11H8Cl2N2O. The van der Waals surface area contributed by atoms with Gasteiger partial charge in [0.2, 0.25) is 0 Å². The van der Waals surface area contributed by atoms with Crippen molar-refractivity contribution in [1.82, 2.24) is 4.98 Å². The van der Waals surface area contributed by atoms with Gasteiger partial charge in [-0.2, -0.15) is 0 Å². The van der Waals surface area contributed by atoms with Gasteiger partial charge >= 0.3 is 0 Å². The van der Waals surface area contributed by atoms with Crippen LogP contribution in [0.4, 0.5) is 5.69 Å². The summed E-state index contributed by atoms with van der Waals surface area (Å²) in [6.45, 7) is 0. The molecule has 0 saturated carbocycles. The van der Waals surface area contributed by atoms with Gasteiger partial charge in [0.15, 0.2) is 0 Å². The molecule has 1 aromatic heterocycles. The van der Waals surface area contributed by atoms with E-state index < -0.39 is 0 Å². The summed E-state index contributed by atoms with van der Waals surface area (Å²) < 4.78 is 0. The minimum Gasteiger partial charge on any atom is -0.506 e. The maximum absolute atomic E-state index is 9.48. The first-order valence-electron chi connectivity index (χ1n) is 4.48. The van der Waals surface area contributed by atoms with Gasteiger partial charge in [0.25, 0.3) is 0 Å². The van der Waals surface area contributed by atoms with Crippen LogP contribution in [0.3, 0.4) is 0 Å². The van der Waals surface area contributed by atoms with Gasteiger partial charge in [0, 0.05) is 11.8 Å². The average molecular weight is 255 g/mol. The number of hydrogen-bond donors (Lipinski definition) is 2. The van der Waals surface area contributed by atoms with E-state index in [4.69, 9.17) is 28.9 Å². The quantitative estimate of drug-likeness (QED) is 0.606. The van der Waals surface area contributed by atoms with Crippen LogP contribution in [0.1, 0.15) is 0 Å². The summed E-state index contributed by atoms with van der Waals surface area (Å²) in [4.78, 5) is 4.10. The molecule has 0 amide bonds. The topological polar surface area (TPSA) is 59.1 Å². The Balaban J connectivity index is 2.54. The third kappa shape index (κ3) is 2.05. The first-order valence-corrected chi connectivity index (χ1v) is 5.23. The monoisotopic (exact) mass is 254 g/mol. The maximum atomic E-state index is 9.48. The van der Waals surface area contributed by atoms with E-state index in [2.05, 4.69) is 4.98 Å². The fraction of sp³-hybridized carbons (Fsp3) is 0. The highest BCUT2D eigenvalue weighted by molar-refractivity contribution is 6.36. The molecule has 3 nitrogen and oxygen atoms in total. The number of phenolic OH excluding ortho intramolecular Hbond substituents is 1. The molecule has 5 heteroatoms. The van der Waals surface area contributed by atoms with E-state index in [1.807, 2.05) is 0 Å². The number of rotatable bonds is 1. The Kier molecular flexibility index (Phi) is 2.90. The Labute approximate surface area is 102 Å². The van der Waals surface area contributed by atoms with Crippen molar-refractivity contribution in [2.45, 2.75) is 0 Å². The molecular weight excluding hydrogens is 247 g/mol. The number of aromatic nitrogens is 1. The van der Waals surface area contributed by atoms with Crippen molar-refractivity contribution < 1.29 is 5.11 Å². The summed E-state index contributed by atoms with van der Waals surface area (Å²) in [7, 11) is 0. The largest absolute Gasteiger partial charge is 0.506 e. The fourth-order valence-corrected chi connectivity index (χ4v) is 1.81. The van der Waals surface area contributed by atoms with E-state index in [1.165, 1.54) is 12.3 Å². The van der Waals surface area contributed by atoms with Crippen LogP contribution < -0.4 is 5.73 Å². The number of nitrogens with zero attached hydrogens (tertiary/aromatic N) is 1. The van der Waals surface area contributed by atoms with Crippen molar-refractivity contribution in [3.05, 3.63) is 40.5 Å². The van der Waals surface area contributed by atoms with E-state index in [0.29, 0.717) is 27.0 Å². The first kappa shape index (κ1) is 11.0. The number of hydrogen-bond acceptors (Lipinski definition) is 3. The smallest absolute Gasteiger partial charge is 0.139 e. The van der Waals surface area contributed by atoms with Crippen LogP contribution in [0.25, 0.3) is 11.3 Å². The Morgan fingerprint density at radius 1 is 1.19 bits per heavy atom. The lowest BCUT2D eigenvalue weighted by molar-refractivity contribution is 0.478. The molecule has 0 atom stereocenters. The zero-order valence-electron chi connectivity index (χ0n) is 8.11. The molecule has 0 fully saturated rings. The molecule has 3 N–H and O–H groups in total. The normalized spacial score (nSPS) is 10.4. The number of phenols is 1. The fourth-order valence-electron chi connectivity index (χ4n) is 1.32. The van der Waals surface area contributed by atoms with Gasteiger partial charge in [-0.3, -0.25) is 4.98 Å². The number of aromatic hydroxyl groups is 1. The summed E-state index contributed by atoms with van der Waals surface area (Å²) in [6, 6.07) is 6.44. The summed E-state index contributed by atoms with van der Waals surface area (Å²) in [5.74, 6) is 0.00492. The summed E-state index contributed by atoms with van der Waals surface area (Å²) in [5, 5.41) is 10.4. The Morgan fingerprint density at radius 2 is 1.94 bits per heavy atom. The lowest BCUT2D eigenvalue weighted by Gasteiger charge is -2.05. The van der Waals surface area contributed by atoms with E-state index in [0.717, 1.165) is 0 Å².